The van der Waals surface area contributed by atoms with Gasteiger partial charge in [0, 0.05) is 0 Å². The maximum atomic E-state index is 2.27. The predicted octanol–water partition coefficient (Wildman–Crippen LogP) is 12.3. The van der Waals surface area contributed by atoms with Crippen molar-refractivity contribution in [2.75, 3.05) is 0 Å². The van der Waals surface area contributed by atoms with E-state index in [0.717, 1.165) is 0 Å². The van der Waals surface area contributed by atoms with Gasteiger partial charge in [-0.05, 0) is 92.4 Å². The van der Waals surface area contributed by atoms with E-state index in [2.05, 4.69) is 196 Å². The van der Waals surface area contributed by atoms with Crippen LogP contribution in [0.1, 0.15) is 58.4 Å². The minimum atomic E-state index is 1.18. The molecule has 44 heavy (non-hydrogen) atoms. The summed E-state index contributed by atoms with van der Waals surface area (Å²) in [4.78, 5) is 0. The molecule has 0 saturated carbocycles. The first-order valence-corrected chi connectivity index (χ1v) is 15.2. The number of allylic oxidation sites excluding steroid dienone is 2. The Balaban J connectivity index is 1.19. The Kier molecular flexibility index (Phi) is 8.90. The van der Waals surface area contributed by atoms with Crippen molar-refractivity contribution in [3.8, 4) is 0 Å². The zero-order valence-electron chi connectivity index (χ0n) is 25.3. The van der Waals surface area contributed by atoms with E-state index in [1.165, 1.54) is 66.4 Å². The highest BCUT2D eigenvalue weighted by atomic mass is 14.1. The number of hydrogen-bond donors (Lipinski definition) is 0. The van der Waals surface area contributed by atoms with Crippen LogP contribution in [0.25, 0.3) is 58.4 Å². The van der Waals surface area contributed by atoms with Gasteiger partial charge >= 0.3 is 0 Å². The average molecular weight is 565 g/mol. The standard InChI is InChI=1S/C44H36/c1-33(40-11-5-3-6-12-40)29-37-22-17-35(18-23-37)21-26-39-31-42-15-9-10-16-44(42)43(32-39)28-27-36-19-24-38(25-20-36)30-34(2)41-13-7-4-8-14-41/h3-32H,1-2H3. The first-order chi connectivity index (χ1) is 21.6. The van der Waals surface area contributed by atoms with Gasteiger partial charge in [0.05, 0.1) is 0 Å². The number of hydrogen-bond acceptors (Lipinski definition) is 0. The Labute approximate surface area is 261 Å². The Bertz CT molecular complexity index is 1970. The smallest absolute Gasteiger partial charge is 0.0111 e. The molecule has 0 spiro atoms. The summed E-state index contributed by atoms with van der Waals surface area (Å²) in [6, 6.07) is 51.7. The summed E-state index contributed by atoms with van der Waals surface area (Å²) >= 11 is 0. The molecule has 0 N–H and O–H groups in total. The summed E-state index contributed by atoms with van der Waals surface area (Å²) in [5.41, 5.74) is 12.2. The van der Waals surface area contributed by atoms with Crippen molar-refractivity contribution in [1.82, 2.24) is 0 Å². The Morgan fingerprint density at radius 3 is 1.36 bits per heavy atom. The Morgan fingerprint density at radius 2 is 0.818 bits per heavy atom. The van der Waals surface area contributed by atoms with Gasteiger partial charge in [0.1, 0.15) is 0 Å². The molecule has 0 aliphatic rings. The van der Waals surface area contributed by atoms with Gasteiger partial charge in [-0.15, -0.1) is 0 Å². The van der Waals surface area contributed by atoms with Gasteiger partial charge < -0.3 is 0 Å². The minimum Gasteiger partial charge on any atom is -0.0622 e. The predicted molar refractivity (Wildman–Crippen MR) is 195 cm³/mol. The molecular weight excluding hydrogens is 528 g/mol. The Morgan fingerprint density at radius 1 is 0.386 bits per heavy atom. The second-order valence-electron chi connectivity index (χ2n) is 11.2. The van der Waals surface area contributed by atoms with E-state index in [-0.39, 0.29) is 0 Å². The molecular formula is C44H36. The molecule has 0 nitrogen and oxygen atoms in total. The zero-order valence-corrected chi connectivity index (χ0v) is 25.3. The second kappa shape index (κ2) is 13.7. The molecule has 0 aliphatic heterocycles. The number of rotatable bonds is 8. The van der Waals surface area contributed by atoms with Crippen molar-refractivity contribution >= 4 is 58.4 Å². The van der Waals surface area contributed by atoms with Gasteiger partial charge in [-0.25, -0.2) is 0 Å². The molecule has 0 unspecified atom stereocenters. The molecule has 6 aromatic carbocycles. The van der Waals surface area contributed by atoms with Crippen LogP contribution in [0.15, 0.2) is 146 Å². The van der Waals surface area contributed by atoms with Crippen LogP contribution in [-0.4, -0.2) is 0 Å². The topological polar surface area (TPSA) is 0 Å². The van der Waals surface area contributed by atoms with E-state index < -0.39 is 0 Å². The summed E-state index contributed by atoms with van der Waals surface area (Å²) in [5, 5.41) is 2.49. The molecule has 0 fully saturated rings. The second-order valence-corrected chi connectivity index (χ2v) is 11.2. The van der Waals surface area contributed by atoms with Crippen LogP contribution < -0.4 is 0 Å². The molecule has 0 aromatic heterocycles. The molecule has 212 valence electrons. The maximum absolute atomic E-state index is 2.27. The van der Waals surface area contributed by atoms with Gasteiger partial charge in [0.25, 0.3) is 0 Å². The minimum absolute atomic E-state index is 1.18. The molecule has 0 heteroatoms. The number of fused-ring (bicyclic) bond motifs is 1. The highest BCUT2D eigenvalue weighted by molar-refractivity contribution is 5.95. The van der Waals surface area contributed by atoms with Crippen LogP contribution in [0, 0.1) is 0 Å². The van der Waals surface area contributed by atoms with Crippen LogP contribution in [0.2, 0.25) is 0 Å². The first kappa shape index (κ1) is 28.6. The van der Waals surface area contributed by atoms with Crippen molar-refractivity contribution in [1.29, 1.82) is 0 Å². The van der Waals surface area contributed by atoms with E-state index >= 15 is 0 Å². The fourth-order valence-corrected chi connectivity index (χ4v) is 5.45. The van der Waals surface area contributed by atoms with Crippen molar-refractivity contribution in [3.05, 3.63) is 190 Å². The summed E-state index contributed by atoms with van der Waals surface area (Å²) in [6.45, 7) is 4.32. The highest BCUT2D eigenvalue weighted by Crippen LogP contribution is 2.25. The van der Waals surface area contributed by atoms with Crippen molar-refractivity contribution in [2.24, 2.45) is 0 Å². The van der Waals surface area contributed by atoms with Gasteiger partial charge in [-0.1, -0.05) is 170 Å². The molecule has 0 saturated heterocycles. The van der Waals surface area contributed by atoms with E-state index in [0.29, 0.717) is 0 Å². The lowest BCUT2D eigenvalue weighted by Crippen LogP contribution is -1.83. The van der Waals surface area contributed by atoms with Gasteiger partial charge in [0.15, 0.2) is 0 Å². The molecule has 6 aromatic rings. The molecule has 0 radical (unpaired) electrons. The van der Waals surface area contributed by atoms with E-state index in [1.807, 2.05) is 0 Å². The molecule has 0 atom stereocenters. The van der Waals surface area contributed by atoms with Crippen LogP contribution in [0.4, 0.5) is 0 Å². The third-order valence-corrected chi connectivity index (χ3v) is 7.94. The zero-order chi connectivity index (χ0) is 30.1. The van der Waals surface area contributed by atoms with Crippen molar-refractivity contribution < 1.29 is 0 Å². The van der Waals surface area contributed by atoms with Crippen molar-refractivity contribution in [2.45, 2.75) is 13.8 Å². The van der Waals surface area contributed by atoms with Crippen molar-refractivity contribution in [3.63, 3.8) is 0 Å². The van der Waals surface area contributed by atoms with E-state index in [1.54, 1.807) is 0 Å². The van der Waals surface area contributed by atoms with Gasteiger partial charge in [-0.3, -0.25) is 0 Å². The third kappa shape index (κ3) is 7.30. The van der Waals surface area contributed by atoms with Crippen LogP contribution in [-0.2, 0) is 0 Å². The summed E-state index contributed by atoms with van der Waals surface area (Å²) < 4.78 is 0. The molecule has 0 aliphatic carbocycles. The lowest BCUT2D eigenvalue weighted by molar-refractivity contribution is 1.57. The third-order valence-electron chi connectivity index (χ3n) is 7.94. The van der Waals surface area contributed by atoms with Gasteiger partial charge in [0.2, 0.25) is 0 Å². The lowest BCUT2D eigenvalue weighted by Gasteiger charge is -2.06. The fraction of sp³-hybridized carbons (Fsp3) is 0.0455. The molecule has 6 rings (SSSR count). The van der Waals surface area contributed by atoms with Crippen LogP contribution in [0.3, 0.4) is 0 Å². The monoisotopic (exact) mass is 564 g/mol. The average Bonchev–Trinajstić information content (AvgIpc) is 3.08. The summed E-state index contributed by atoms with van der Waals surface area (Å²) in [7, 11) is 0. The number of benzene rings is 6. The van der Waals surface area contributed by atoms with E-state index in [4.69, 9.17) is 0 Å². The summed E-state index contributed by atoms with van der Waals surface area (Å²) in [5.74, 6) is 0. The Hall–Kier alpha value is -5.46. The quantitative estimate of drug-likeness (QED) is 0.161. The molecule has 0 heterocycles. The lowest BCUT2D eigenvalue weighted by atomic mass is 9.98. The first-order valence-electron chi connectivity index (χ1n) is 15.2. The van der Waals surface area contributed by atoms with Crippen LogP contribution in [0.5, 0.6) is 0 Å². The van der Waals surface area contributed by atoms with E-state index in [9.17, 15) is 0 Å². The fourth-order valence-electron chi connectivity index (χ4n) is 5.45. The largest absolute Gasteiger partial charge is 0.0622 e. The maximum Gasteiger partial charge on any atom is -0.0111 e. The highest BCUT2D eigenvalue weighted by Gasteiger charge is 2.02. The van der Waals surface area contributed by atoms with Gasteiger partial charge in [-0.2, -0.15) is 0 Å². The SMILES string of the molecule is CC(=Cc1ccc(C=Cc2cc(C=Cc3ccc(C=C(C)c4ccccc4)cc3)c3ccccc3c2)cc1)c1ccccc1. The normalized spacial score (nSPS) is 12.4. The molecule has 0 amide bonds. The van der Waals surface area contributed by atoms with Crippen LogP contribution >= 0.6 is 0 Å². The summed E-state index contributed by atoms with van der Waals surface area (Å²) in [6.07, 6.45) is 13.3. The molecule has 0 bridgehead atoms.